The van der Waals surface area contributed by atoms with Gasteiger partial charge in [-0.2, -0.15) is 0 Å². The summed E-state index contributed by atoms with van der Waals surface area (Å²) in [4.78, 5) is 0. The molecular weight excluding hydrogens is 254 g/mol. The van der Waals surface area contributed by atoms with Gasteiger partial charge >= 0.3 is 0 Å². The van der Waals surface area contributed by atoms with Crippen molar-refractivity contribution in [2.45, 2.75) is 52.5 Å². The summed E-state index contributed by atoms with van der Waals surface area (Å²) in [5.74, 6) is 0.591. The highest BCUT2D eigenvalue weighted by Crippen LogP contribution is 2.29. The van der Waals surface area contributed by atoms with Crippen LogP contribution < -0.4 is 5.32 Å². The van der Waals surface area contributed by atoms with Gasteiger partial charge in [0, 0.05) is 12.2 Å². The first kappa shape index (κ1) is 15.6. The van der Waals surface area contributed by atoms with Crippen LogP contribution in [0, 0.1) is 0 Å². The maximum absolute atomic E-state index is 3.58. The van der Waals surface area contributed by atoms with E-state index in [0.29, 0.717) is 5.92 Å². The molecule has 0 bridgehead atoms. The summed E-state index contributed by atoms with van der Waals surface area (Å²) in [6.07, 6.45) is 0. The van der Waals surface area contributed by atoms with Gasteiger partial charge in [0.1, 0.15) is 0 Å². The molecule has 21 heavy (non-hydrogen) atoms. The van der Waals surface area contributed by atoms with E-state index in [2.05, 4.69) is 88.5 Å². The van der Waals surface area contributed by atoms with E-state index in [1.54, 1.807) is 0 Å². The monoisotopic (exact) mass is 281 g/mol. The molecule has 1 nitrogen and oxygen atoms in total. The smallest absolute Gasteiger partial charge is 0.0400 e. The maximum Gasteiger partial charge on any atom is 0.0400 e. The fraction of sp³-hybridized carbons (Fsp3) is 0.400. The summed E-state index contributed by atoms with van der Waals surface area (Å²) in [5, 5.41) is 3.58. The Hall–Kier alpha value is -1.76. The zero-order valence-electron chi connectivity index (χ0n) is 13.9. The molecule has 0 saturated carbocycles. The Kier molecular flexibility index (Phi) is 4.72. The second-order valence-electron chi connectivity index (χ2n) is 7.05. The van der Waals surface area contributed by atoms with Gasteiger partial charge in [-0.05, 0) is 34.1 Å². The molecule has 0 spiro atoms. The lowest BCUT2D eigenvalue weighted by Gasteiger charge is -2.23. The summed E-state index contributed by atoms with van der Waals surface area (Å²) in [6.45, 7) is 12.1. The van der Waals surface area contributed by atoms with Crippen LogP contribution in [0.25, 0.3) is 0 Å². The van der Waals surface area contributed by atoms with E-state index in [9.17, 15) is 0 Å². The zero-order valence-corrected chi connectivity index (χ0v) is 13.9. The first-order valence-electron chi connectivity index (χ1n) is 7.80. The lowest BCUT2D eigenvalue weighted by molar-refractivity contribution is 0.591. The van der Waals surface area contributed by atoms with Crippen molar-refractivity contribution in [1.29, 1.82) is 0 Å². The Morgan fingerprint density at radius 2 is 1.52 bits per heavy atom. The van der Waals surface area contributed by atoms with Gasteiger partial charge in [-0.25, -0.2) is 0 Å². The van der Waals surface area contributed by atoms with Gasteiger partial charge < -0.3 is 5.32 Å². The van der Waals surface area contributed by atoms with Crippen LogP contribution in [0.2, 0.25) is 0 Å². The molecule has 0 unspecified atom stereocenters. The van der Waals surface area contributed by atoms with Gasteiger partial charge in [0.05, 0.1) is 0 Å². The standard InChI is InChI=1S/C20H27N/c1-15(2)17-12-10-16(11-13-17)14-21-19-9-7-6-8-18(19)20(3,4)5/h6-13,15,21H,14H2,1-5H3. The van der Waals surface area contributed by atoms with Crippen LogP contribution in [0.15, 0.2) is 48.5 Å². The van der Waals surface area contributed by atoms with Crippen LogP contribution in [-0.2, 0) is 12.0 Å². The highest BCUT2D eigenvalue weighted by Gasteiger charge is 2.17. The van der Waals surface area contributed by atoms with E-state index in [1.807, 2.05) is 0 Å². The summed E-state index contributed by atoms with van der Waals surface area (Å²) in [5.41, 5.74) is 5.48. The third-order valence-electron chi connectivity index (χ3n) is 3.86. The van der Waals surface area contributed by atoms with Crippen molar-refractivity contribution in [2.24, 2.45) is 0 Å². The largest absolute Gasteiger partial charge is 0.381 e. The van der Waals surface area contributed by atoms with E-state index in [4.69, 9.17) is 0 Å². The molecular formula is C20H27N. The zero-order chi connectivity index (χ0) is 15.5. The average molecular weight is 281 g/mol. The van der Waals surface area contributed by atoms with E-state index >= 15 is 0 Å². The molecule has 2 aromatic carbocycles. The molecule has 1 N–H and O–H groups in total. The van der Waals surface area contributed by atoms with Gasteiger partial charge in [-0.3, -0.25) is 0 Å². The molecule has 0 aliphatic heterocycles. The quantitative estimate of drug-likeness (QED) is 0.755. The van der Waals surface area contributed by atoms with Crippen molar-refractivity contribution in [1.82, 2.24) is 0 Å². The van der Waals surface area contributed by atoms with Crippen molar-refractivity contribution in [3.8, 4) is 0 Å². The van der Waals surface area contributed by atoms with Crippen LogP contribution >= 0.6 is 0 Å². The Labute approximate surface area is 129 Å². The van der Waals surface area contributed by atoms with Gasteiger partial charge in [-0.1, -0.05) is 77.1 Å². The van der Waals surface area contributed by atoms with Crippen molar-refractivity contribution >= 4 is 5.69 Å². The van der Waals surface area contributed by atoms with Crippen molar-refractivity contribution in [2.75, 3.05) is 5.32 Å². The van der Waals surface area contributed by atoms with E-state index in [1.165, 1.54) is 22.4 Å². The SMILES string of the molecule is CC(C)c1ccc(CNc2ccccc2C(C)(C)C)cc1. The molecule has 0 aromatic heterocycles. The Balaban J connectivity index is 2.10. The van der Waals surface area contributed by atoms with Crippen LogP contribution in [-0.4, -0.2) is 0 Å². The lowest BCUT2D eigenvalue weighted by atomic mass is 9.86. The number of hydrogen-bond acceptors (Lipinski definition) is 1. The first-order chi connectivity index (χ1) is 9.88. The van der Waals surface area contributed by atoms with Gasteiger partial charge in [-0.15, -0.1) is 0 Å². The number of nitrogens with one attached hydrogen (secondary N) is 1. The number of para-hydroxylation sites is 1. The van der Waals surface area contributed by atoms with Crippen molar-refractivity contribution < 1.29 is 0 Å². The minimum Gasteiger partial charge on any atom is -0.381 e. The molecule has 2 aromatic rings. The number of rotatable bonds is 4. The van der Waals surface area contributed by atoms with E-state index in [-0.39, 0.29) is 5.41 Å². The van der Waals surface area contributed by atoms with Gasteiger partial charge in [0.25, 0.3) is 0 Å². The van der Waals surface area contributed by atoms with Crippen LogP contribution in [0.5, 0.6) is 0 Å². The van der Waals surface area contributed by atoms with E-state index in [0.717, 1.165) is 6.54 Å². The third kappa shape index (κ3) is 4.10. The summed E-state index contributed by atoms with van der Waals surface area (Å²) < 4.78 is 0. The Morgan fingerprint density at radius 3 is 2.10 bits per heavy atom. The number of anilines is 1. The Bertz CT molecular complexity index is 574. The fourth-order valence-electron chi connectivity index (χ4n) is 2.51. The molecule has 0 fully saturated rings. The molecule has 112 valence electrons. The number of benzene rings is 2. The molecule has 1 heteroatoms. The van der Waals surface area contributed by atoms with Gasteiger partial charge in [0.2, 0.25) is 0 Å². The van der Waals surface area contributed by atoms with Crippen LogP contribution in [0.3, 0.4) is 0 Å². The maximum atomic E-state index is 3.58. The summed E-state index contributed by atoms with van der Waals surface area (Å²) >= 11 is 0. The predicted molar refractivity (Wildman–Crippen MR) is 93.0 cm³/mol. The van der Waals surface area contributed by atoms with E-state index < -0.39 is 0 Å². The number of hydrogen-bond donors (Lipinski definition) is 1. The third-order valence-corrected chi connectivity index (χ3v) is 3.86. The molecule has 0 atom stereocenters. The minimum atomic E-state index is 0.158. The molecule has 0 saturated heterocycles. The summed E-state index contributed by atoms with van der Waals surface area (Å²) in [6, 6.07) is 17.5. The topological polar surface area (TPSA) is 12.0 Å². The van der Waals surface area contributed by atoms with Crippen LogP contribution in [0.4, 0.5) is 5.69 Å². The molecule has 0 aliphatic carbocycles. The fourth-order valence-corrected chi connectivity index (χ4v) is 2.51. The molecule has 0 aliphatic rings. The molecule has 0 amide bonds. The van der Waals surface area contributed by atoms with Crippen molar-refractivity contribution in [3.63, 3.8) is 0 Å². The summed E-state index contributed by atoms with van der Waals surface area (Å²) in [7, 11) is 0. The second-order valence-corrected chi connectivity index (χ2v) is 7.05. The highest BCUT2D eigenvalue weighted by molar-refractivity contribution is 5.54. The van der Waals surface area contributed by atoms with Crippen molar-refractivity contribution in [3.05, 3.63) is 65.2 Å². The predicted octanol–water partition coefficient (Wildman–Crippen LogP) is 5.72. The van der Waals surface area contributed by atoms with Gasteiger partial charge in [0.15, 0.2) is 0 Å². The normalized spacial score (nSPS) is 11.7. The molecule has 2 rings (SSSR count). The first-order valence-corrected chi connectivity index (χ1v) is 7.80. The average Bonchev–Trinajstić information content (AvgIpc) is 2.45. The second kappa shape index (κ2) is 6.34. The van der Waals surface area contributed by atoms with Crippen LogP contribution in [0.1, 0.15) is 57.2 Å². The minimum absolute atomic E-state index is 0.158. The highest BCUT2D eigenvalue weighted by atomic mass is 14.9. The molecule has 0 radical (unpaired) electrons. The Morgan fingerprint density at radius 1 is 0.905 bits per heavy atom. The molecule has 0 heterocycles. The lowest BCUT2D eigenvalue weighted by Crippen LogP contribution is -2.14.